The Morgan fingerprint density at radius 3 is 2.84 bits per heavy atom. The van der Waals surface area contributed by atoms with Gasteiger partial charge in [-0.05, 0) is 30.9 Å². The van der Waals surface area contributed by atoms with Gasteiger partial charge in [-0.3, -0.25) is 9.59 Å². The highest BCUT2D eigenvalue weighted by Crippen LogP contribution is 2.37. The van der Waals surface area contributed by atoms with Gasteiger partial charge in [0, 0.05) is 30.8 Å². The Morgan fingerprint density at radius 1 is 1.20 bits per heavy atom. The van der Waals surface area contributed by atoms with Gasteiger partial charge in [-0.25, -0.2) is 0 Å². The van der Waals surface area contributed by atoms with E-state index in [4.69, 9.17) is 9.47 Å². The Bertz CT molecular complexity index is 690. The van der Waals surface area contributed by atoms with Gasteiger partial charge in [0.2, 0.25) is 18.6 Å². The lowest BCUT2D eigenvalue weighted by Gasteiger charge is -2.30. The molecule has 1 aromatic carbocycles. The zero-order valence-corrected chi connectivity index (χ0v) is 14.5. The second-order valence-electron chi connectivity index (χ2n) is 7.32. The molecule has 4 rings (SSSR count). The molecule has 1 aromatic rings. The summed E-state index contributed by atoms with van der Waals surface area (Å²) in [4.78, 5) is 26.7. The number of nitrogens with one attached hydrogen (secondary N) is 1. The molecular weight excluding hydrogens is 320 g/mol. The average molecular weight is 344 g/mol. The Labute approximate surface area is 147 Å². The van der Waals surface area contributed by atoms with Crippen LogP contribution in [0.1, 0.15) is 39.0 Å². The maximum atomic E-state index is 12.6. The molecule has 3 atom stereocenters. The first-order valence-electron chi connectivity index (χ1n) is 9.12. The molecule has 2 fully saturated rings. The topological polar surface area (TPSA) is 67.9 Å². The molecule has 2 aliphatic heterocycles. The Morgan fingerprint density at radius 2 is 2.00 bits per heavy atom. The second-order valence-corrected chi connectivity index (χ2v) is 7.32. The van der Waals surface area contributed by atoms with Crippen LogP contribution in [0.3, 0.4) is 0 Å². The molecule has 0 spiro atoms. The van der Waals surface area contributed by atoms with Gasteiger partial charge >= 0.3 is 0 Å². The van der Waals surface area contributed by atoms with Crippen LogP contribution >= 0.6 is 0 Å². The molecular formula is C19H24N2O4. The fraction of sp³-hybridized carbons (Fsp3) is 0.579. The van der Waals surface area contributed by atoms with E-state index in [0.29, 0.717) is 24.0 Å². The summed E-state index contributed by atoms with van der Waals surface area (Å²) in [6, 6.07) is 5.71. The number of amides is 2. The molecule has 0 radical (unpaired) electrons. The monoisotopic (exact) mass is 344 g/mol. The normalized spacial score (nSPS) is 28.3. The standard InChI is InChI=1S/C19H24N2O4/c1-12-4-2-3-5-15(12)20-19(23)13-8-18(22)21(10-13)14-6-7-16-17(9-14)25-11-24-16/h6-7,9,12-13,15H,2-5,8,10-11H2,1H3,(H,20,23). The molecule has 25 heavy (non-hydrogen) atoms. The third kappa shape index (κ3) is 3.17. The van der Waals surface area contributed by atoms with Crippen molar-refractivity contribution in [2.45, 2.75) is 45.1 Å². The minimum atomic E-state index is -0.285. The van der Waals surface area contributed by atoms with Crippen molar-refractivity contribution in [1.82, 2.24) is 5.32 Å². The number of fused-ring (bicyclic) bond motifs is 1. The molecule has 6 heteroatoms. The van der Waals surface area contributed by atoms with Gasteiger partial charge in [0.15, 0.2) is 11.5 Å². The summed E-state index contributed by atoms with van der Waals surface area (Å²) in [5.41, 5.74) is 0.760. The summed E-state index contributed by atoms with van der Waals surface area (Å²) in [6.07, 6.45) is 4.88. The van der Waals surface area contributed by atoms with Crippen LogP contribution in [0.4, 0.5) is 5.69 Å². The van der Waals surface area contributed by atoms with Gasteiger partial charge in [-0.2, -0.15) is 0 Å². The average Bonchev–Trinajstić information content (AvgIpc) is 3.22. The fourth-order valence-electron chi connectivity index (χ4n) is 4.02. The number of carbonyl (C=O) groups excluding carboxylic acids is 2. The van der Waals surface area contributed by atoms with Crippen LogP contribution in [0.2, 0.25) is 0 Å². The first-order valence-corrected chi connectivity index (χ1v) is 9.12. The zero-order valence-electron chi connectivity index (χ0n) is 14.5. The first kappa shape index (κ1) is 16.2. The van der Waals surface area contributed by atoms with E-state index < -0.39 is 0 Å². The van der Waals surface area contributed by atoms with Crippen LogP contribution in [0.15, 0.2) is 18.2 Å². The van der Waals surface area contributed by atoms with Crippen LogP contribution in [0.5, 0.6) is 11.5 Å². The Balaban J connectivity index is 1.42. The fourth-order valence-corrected chi connectivity index (χ4v) is 4.02. The van der Waals surface area contributed by atoms with Gasteiger partial charge in [0.25, 0.3) is 0 Å². The highest BCUT2D eigenvalue weighted by molar-refractivity contribution is 6.00. The minimum Gasteiger partial charge on any atom is -0.454 e. The van der Waals surface area contributed by atoms with E-state index in [0.717, 1.165) is 18.5 Å². The first-order chi connectivity index (χ1) is 12.1. The quantitative estimate of drug-likeness (QED) is 0.915. The summed E-state index contributed by atoms with van der Waals surface area (Å²) in [5, 5.41) is 3.18. The van der Waals surface area contributed by atoms with Crippen LogP contribution in [-0.4, -0.2) is 31.2 Å². The van der Waals surface area contributed by atoms with Crippen molar-refractivity contribution in [3.63, 3.8) is 0 Å². The van der Waals surface area contributed by atoms with Crippen LogP contribution in [-0.2, 0) is 9.59 Å². The molecule has 2 amide bonds. The highest BCUT2D eigenvalue weighted by atomic mass is 16.7. The largest absolute Gasteiger partial charge is 0.454 e. The number of hydrogen-bond donors (Lipinski definition) is 1. The number of rotatable bonds is 3. The van der Waals surface area contributed by atoms with Crippen molar-refractivity contribution in [3.8, 4) is 11.5 Å². The van der Waals surface area contributed by atoms with Crippen LogP contribution in [0.25, 0.3) is 0 Å². The van der Waals surface area contributed by atoms with Crippen molar-refractivity contribution in [3.05, 3.63) is 18.2 Å². The zero-order chi connectivity index (χ0) is 17.4. The lowest BCUT2D eigenvalue weighted by atomic mass is 9.85. The minimum absolute atomic E-state index is 0.00958. The molecule has 0 aromatic heterocycles. The van der Waals surface area contributed by atoms with Crippen molar-refractivity contribution in [2.75, 3.05) is 18.2 Å². The smallest absolute Gasteiger partial charge is 0.231 e. The van der Waals surface area contributed by atoms with Crippen molar-refractivity contribution >= 4 is 17.5 Å². The van der Waals surface area contributed by atoms with E-state index in [1.54, 1.807) is 4.90 Å². The summed E-state index contributed by atoms with van der Waals surface area (Å²) in [7, 11) is 0. The van der Waals surface area contributed by atoms with Gasteiger partial charge < -0.3 is 19.7 Å². The van der Waals surface area contributed by atoms with Gasteiger partial charge in [0.05, 0.1) is 5.92 Å². The van der Waals surface area contributed by atoms with E-state index >= 15 is 0 Å². The maximum absolute atomic E-state index is 12.6. The maximum Gasteiger partial charge on any atom is 0.231 e. The lowest BCUT2D eigenvalue weighted by molar-refractivity contribution is -0.127. The molecule has 3 unspecified atom stereocenters. The van der Waals surface area contributed by atoms with Gasteiger partial charge in [-0.15, -0.1) is 0 Å². The van der Waals surface area contributed by atoms with E-state index in [9.17, 15) is 9.59 Å². The van der Waals surface area contributed by atoms with Crippen molar-refractivity contribution in [2.24, 2.45) is 11.8 Å². The van der Waals surface area contributed by atoms with E-state index in [1.165, 1.54) is 12.8 Å². The predicted octanol–water partition coefficient (Wildman–Crippen LogP) is 2.46. The summed E-state index contributed by atoms with van der Waals surface area (Å²) in [6.45, 7) is 2.82. The van der Waals surface area contributed by atoms with Crippen LogP contribution in [0, 0.1) is 11.8 Å². The molecule has 6 nitrogen and oxygen atoms in total. The molecule has 1 saturated heterocycles. The molecule has 2 heterocycles. The summed E-state index contributed by atoms with van der Waals surface area (Å²) in [5.74, 6) is 1.56. The predicted molar refractivity (Wildman–Crippen MR) is 92.6 cm³/mol. The number of carbonyl (C=O) groups is 2. The van der Waals surface area contributed by atoms with Crippen LogP contribution < -0.4 is 19.7 Å². The molecule has 134 valence electrons. The third-order valence-electron chi connectivity index (χ3n) is 5.60. The third-order valence-corrected chi connectivity index (χ3v) is 5.60. The summed E-state index contributed by atoms with van der Waals surface area (Å²) < 4.78 is 10.7. The van der Waals surface area contributed by atoms with Gasteiger partial charge in [-0.1, -0.05) is 19.8 Å². The number of anilines is 1. The number of benzene rings is 1. The lowest BCUT2D eigenvalue weighted by Crippen LogP contribution is -2.44. The van der Waals surface area contributed by atoms with Crippen molar-refractivity contribution in [1.29, 1.82) is 0 Å². The summed E-state index contributed by atoms with van der Waals surface area (Å²) >= 11 is 0. The SMILES string of the molecule is CC1CCCCC1NC(=O)C1CC(=O)N(c2ccc3c(c2)OCO3)C1. The van der Waals surface area contributed by atoms with Crippen molar-refractivity contribution < 1.29 is 19.1 Å². The van der Waals surface area contributed by atoms with E-state index in [1.807, 2.05) is 18.2 Å². The highest BCUT2D eigenvalue weighted by Gasteiger charge is 2.37. The number of ether oxygens (including phenoxy) is 2. The molecule has 1 saturated carbocycles. The molecule has 3 aliphatic rings. The second kappa shape index (κ2) is 6.58. The molecule has 0 bridgehead atoms. The number of hydrogen-bond acceptors (Lipinski definition) is 4. The van der Waals surface area contributed by atoms with E-state index in [2.05, 4.69) is 12.2 Å². The molecule has 1 N–H and O–H groups in total. The Kier molecular flexibility index (Phi) is 4.27. The molecule has 1 aliphatic carbocycles. The van der Waals surface area contributed by atoms with E-state index in [-0.39, 0.29) is 37.0 Å². The Hall–Kier alpha value is -2.24. The number of nitrogens with zero attached hydrogens (tertiary/aromatic N) is 1. The van der Waals surface area contributed by atoms with Gasteiger partial charge in [0.1, 0.15) is 0 Å².